The minimum absolute atomic E-state index is 0.190. The molecule has 0 unspecified atom stereocenters. The van der Waals surface area contributed by atoms with Crippen molar-refractivity contribution in [1.29, 1.82) is 0 Å². The molecule has 0 saturated heterocycles. The van der Waals surface area contributed by atoms with Crippen LogP contribution in [-0.2, 0) is 32.5 Å². The maximum atomic E-state index is 2.67. The topological polar surface area (TPSA) is 6.48 Å². The molecular formula is C70H58N2S2. The van der Waals surface area contributed by atoms with Crippen LogP contribution in [0.25, 0.3) is 0 Å². The third-order valence-electron chi connectivity index (χ3n) is 18.7. The van der Waals surface area contributed by atoms with Gasteiger partial charge in [-0.05, 0) is 114 Å². The monoisotopic (exact) mass is 990 g/mol. The second-order valence-electron chi connectivity index (χ2n) is 23.6. The first-order valence-corrected chi connectivity index (χ1v) is 28.1. The number of hydrogen-bond donors (Lipinski definition) is 0. The van der Waals surface area contributed by atoms with Gasteiger partial charge in [0.2, 0.25) is 0 Å². The van der Waals surface area contributed by atoms with Crippen molar-refractivity contribution < 1.29 is 0 Å². The Balaban J connectivity index is 1.15. The van der Waals surface area contributed by atoms with Gasteiger partial charge in [0, 0.05) is 31.4 Å². The van der Waals surface area contributed by atoms with Crippen molar-refractivity contribution in [2.24, 2.45) is 0 Å². The molecule has 0 N–H and O–H groups in total. The van der Waals surface area contributed by atoms with Gasteiger partial charge in [-0.15, -0.1) is 22.7 Å². The summed E-state index contributed by atoms with van der Waals surface area (Å²) in [5, 5.41) is 2.47. The zero-order valence-electron chi connectivity index (χ0n) is 43.3. The van der Waals surface area contributed by atoms with E-state index in [1.807, 2.05) is 22.7 Å². The van der Waals surface area contributed by atoms with Crippen molar-refractivity contribution in [2.45, 2.75) is 87.9 Å². The van der Waals surface area contributed by atoms with Crippen LogP contribution >= 0.6 is 22.7 Å². The van der Waals surface area contributed by atoms with Gasteiger partial charge in [0.1, 0.15) is 10.0 Å². The molecule has 4 heteroatoms. The highest BCUT2D eigenvalue weighted by atomic mass is 32.1. The molecule has 0 radical (unpaired) electrons. The molecule has 15 rings (SSSR count). The minimum atomic E-state index is -0.685. The Hall–Kier alpha value is -7.24. The molecule has 2 spiro atoms. The molecule has 360 valence electrons. The van der Waals surface area contributed by atoms with Crippen LogP contribution in [0.1, 0.15) is 143 Å². The molecule has 0 fully saturated rings. The average Bonchev–Trinajstić information content (AvgIpc) is 4.15. The summed E-state index contributed by atoms with van der Waals surface area (Å²) in [5.74, 6) is 0. The Morgan fingerprint density at radius 2 is 0.446 bits per heavy atom. The largest absolute Gasteiger partial charge is 0.301 e. The molecule has 74 heavy (non-hydrogen) atoms. The molecule has 2 nitrogen and oxygen atoms in total. The first-order valence-electron chi connectivity index (χ1n) is 26.4. The van der Waals surface area contributed by atoms with Crippen molar-refractivity contribution >= 4 is 55.4 Å². The number of fused-ring (bicyclic) bond motifs is 18. The van der Waals surface area contributed by atoms with E-state index < -0.39 is 10.8 Å². The highest BCUT2D eigenvalue weighted by Crippen LogP contribution is 2.72. The second-order valence-corrected chi connectivity index (χ2v) is 25.6. The van der Waals surface area contributed by atoms with Gasteiger partial charge in [-0.1, -0.05) is 225 Å². The third kappa shape index (κ3) is 5.21. The Kier molecular flexibility index (Phi) is 8.82. The summed E-state index contributed by atoms with van der Waals surface area (Å²) >= 11 is 4.04. The Labute approximate surface area is 444 Å². The van der Waals surface area contributed by atoms with Gasteiger partial charge >= 0.3 is 0 Å². The predicted molar refractivity (Wildman–Crippen MR) is 310 cm³/mol. The normalized spacial score (nSPS) is 18.3. The van der Waals surface area contributed by atoms with Crippen molar-refractivity contribution in [1.82, 2.24) is 0 Å². The quantitative estimate of drug-likeness (QED) is 0.170. The van der Waals surface area contributed by atoms with Crippen LogP contribution in [0.5, 0.6) is 0 Å². The number of hydrogen-bond acceptors (Lipinski definition) is 4. The van der Waals surface area contributed by atoms with Crippen LogP contribution in [0.15, 0.2) is 206 Å². The lowest BCUT2D eigenvalue weighted by Gasteiger charge is -2.55. The van der Waals surface area contributed by atoms with E-state index in [1.54, 1.807) is 0 Å². The molecule has 2 aromatic heterocycles. The van der Waals surface area contributed by atoms with Crippen LogP contribution in [0.2, 0.25) is 0 Å². The Morgan fingerprint density at radius 1 is 0.243 bits per heavy atom. The second kappa shape index (κ2) is 14.7. The van der Waals surface area contributed by atoms with E-state index in [2.05, 4.69) is 271 Å². The summed E-state index contributed by atoms with van der Waals surface area (Å²) in [6.07, 6.45) is 0. The van der Waals surface area contributed by atoms with Crippen molar-refractivity contribution in [3.05, 3.63) is 294 Å². The predicted octanol–water partition coefficient (Wildman–Crippen LogP) is 18.4. The van der Waals surface area contributed by atoms with Gasteiger partial charge in [-0.3, -0.25) is 0 Å². The van der Waals surface area contributed by atoms with Crippen LogP contribution in [-0.4, -0.2) is 0 Å². The zero-order chi connectivity index (χ0) is 50.3. The van der Waals surface area contributed by atoms with E-state index in [1.165, 1.54) is 120 Å². The van der Waals surface area contributed by atoms with E-state index in [0.29, 0.717) is 0 Å². The molecule has 0 amide bonds. The zero-order valence-corrected chi connectivity index (χ0v) is 45.0. The smallest absolute Gasteiger partial charge is 0.101 e. The van der Waals surface area contributed by atoms with Crippen molar-refractivity contribution in [3.8, 4) is 0 Å². The van der Waals surface area contributed by atoms with E-state index in [9.17, 15) is 0 Å². The van der Waals surface area contributed by atoms with E-state index in [-0.39, 0.29) is 21.7 Å². The SMILES string of the molecule is CC1(C)c2ccccc2N(c2cc3c(s2)C2(c4ccccc4C(C)(C)c4ccccc42)c2cc(N4c5ccccc5C(C)(C)c5ccccc54)sc2C32c3ccccc3C(C)(C)c3ccccc32)c2ccccc21. The standard InChI is InChI=1S/C70H58N2S2/c1-65(2)43-25-9-13-29-47(43)69(48-30-14-10-26-44(48)65)55-41-61(71-57-37-21-17-33-51(57)67(5,6)52-34-18-22-38-58(52)71)74-64(55)70(49-31-15-11-27-45(49)66(3,4)46-28-12-16-32-50(46)70)56-42-62(73-63(56)69)72-59-39-23-19-35-53(59)68(7,8)54-36-20-24-40-60(54)72/h9-42H,1-8H3. The number of anilines is 6. The number of benzene rings is 8. The van der Waals surface area contributed by atoms with Gasteiger partial charge in [-0.25, -0.2) is 0 Å². The lowest BCUT2D eigenvalue weighted by molar-refractivity contribution is 0.522. The van der Waals surface area contributed by atoms with Crippen LogP contribution in [0.3, 0.4) is 0 Å². The highest BCUT2D eigenvalue weighted by Gasteiger charge is 2.63. The van der Waals surface area contributed by atoms with Gasteiger partial charge in [0.25, 0.3) is 0 Å². The molecule has 0 atom stereocenters. The van der Waals surface area contributed by atoms with E-state index >= 15 is 0 Å². The fourth-order valence-electron chi connectivity index (χ4n) is 15.2. The first-order chi connectivity index (χ1) is 35.8. The molecule has 5 aliphatic rings. The summed E-state index contributed by atoms with van der Waals surface area (Å²) in [7, 11) is 0. The van der Waals surface area contributed by atoms with Crippen LogP contribution in [0, 0.1) is 0 Å². The fourth-order valence-corrected chi connectivity index (χ4v) is 18.2. The van der Waals surface area contributed by atoms with E-state index in [4.69, 9.17) is 0 Å². The molecule has 0 saturated carbocycles. The lowest BCUT2D eigenvalue weighted by atomic mass is 9.48. The van der Waals surface area contributed by atoms with Crippen LogP contribution < -0.4 is 9.80 Å². The van der Waals surface area contributed by atoms with Crippen molar-refractivity contribution in [2.75, 3.05) is 9.80 Å². The minimum Gasteiger partial charge on any atom is -0.301 e. The number of rotatable bonds is 2. The molecule has 10 aromatic rings. The first kappa shape index (κ1) is 44.3. The number of para-hydroxylation sites is 4. The van der Waals surface area contributed by atoms with Gasteiger partial charge in [0.05, 0.1) is 33.6 Å². The van der Waals surface area contributed by atoms with Gasteiger partial charge in [0.15, 0.2) is 0 Å². The van der Waals surface area contributed by atoms with Gasteiger partial charge < -0.3 is 9.80 Å². The highest BCUT2D eigenvalue weighted by molar-refractivity contribution is 7.18. The summed E-state index contributed by atoms with van der Waals surface area (Å²) in [4.78, 5) is 8.03. The summed E-state index contributed by atoms with van der Waals surface area (Å²) in [6, 6.07) is 80.0. The van der Waals surface area contributed by atoms with Crippen molar-refractivity contribution in [3.63, 3.8) is 0 Å². The summed E-state index contributed by atoms with van der Waals surface area (Å²) < 4.78 is 0. The molecule has 8 aromatic carbocycles. The molecule has 4 heterocycles. The molecular weight excluding hydrogens is 933 g/mol. The Morgan fingerprint density at radius 3 is 0.703 bits per heavy atom. The van der Waals surface area contributed by atoms with Crippen LogP contribution in [0.4, 0.5) is 32.8 Å². The van der Waals surface area contributed by atoms with E-state index in [0.717, 1.165) is 0 Å². The third-order valence-corrected chi connectivity index (χ3v) is 21.1. The lowest BCUT2D eigenvalue weighted by Crippen LogP contribution is -2.50. The Bertz CT molecular complexity index is 3520. The molecule has 2 aliphatic heterocycles. The molecule has 3 aliphatic carbocycles. The average molecular weight is 991 g/mol. The number of nitrogens with zero attached hydrogens (tertiary/aromatic N) is 2. The number of thiophene rings is 2. The summed E-state index contributed by atoms with van der Waals surface area (Å²) in [6.45, 7) is 19.4. The molecule has 0 bridgehead atoms. The maximum Gasteiger partial charge on any atom is 0.101 e. The fraction of sp³-hybridized carbons (Fsp3) is 0.200. The van der Waals surface area contributed by atoms with Gasteiger partial charge in [-0.2, -0.15) is 0 Å². The maximum absolute atomic E-state index is 2.67. The summed E-state index contributed by atoms with van der Waals surface area (Å²) in [5.41, 5.74) is 21.8.